The van der Waals surface area contributed by atoms with Crippen molar-refractivity contribution < 1.29 is 14.3 Å². The molecule has 0 spiro atoms. The van der Waals surface area contributed by atoms with E-state index in [1.54, 1.807) is 13.2 Å². The number of methoxy groups -OCH3 is 1. The van der Waals surface area contributed by atoms with E-state index >= 15 is 0 Å². The van der Waals surface area contributed by atoms with E-state index in [9.17, 15) is 9.59 Å². The number of aryl methyl sites for hydroxylation is 2. The van der Waals surface area contributed by atoms with Crippen LogP contribution >= 0.6 is 11.3 Å². The summed E-state index contributed by atoms with van der Waals surface area (Å²) in [6.07, 6.45) is 0. The smallest absolute Gasteiger partial charge is 0.319 e. The summed E-state index contributed by atoms with van der Waals surface area (Å²) in [5.74, 6) is 0.421. The largest absolute Gasteiger partial charge is 0.497 e. The van der Waals surface area contributed by atoms with Crippen LogP contribution in [0.3, 0.4) is 0 Å². The number of nitrogens with one attached hydrogen (secondary N) is 3. The third-order valence-corrected chi connectivity index (χ3v) is 4.98. The molecule has 3 amide bonds. The van der Waals surface area contributed by atoms with E-state index < -0.39 is 6.03 Å². The molecule has 0 unspecified atom stereocenters. The molecule has 0 atom stereocenters. The van der Waals surface area contributed by atoms with Gasteiger partial charge in [-0.1, -0.05) is 12.1 Å². The Morgan fingerprint density at radius 2 is 1.83 bits per heavy atom. The summed E-state index contributed by atoms with van der Waals surface area (Å²) in [6, 6.07) is 14.5. The van der Waals surface area contributed by atoms with Crippen molar-refractivity contribution in [2.75, 3.05) is 24.3 Å². The van der Waals surface area contributed by atoms with Crippen LogP contribution in [0, 0.1) is 13.8 Å². The van der Waals surface area contributed by atoms with Gasteiger partial charge in [-0.15, -0.1) is 11.3 Å². The molecule has 3 N–H and O–H groups in total. The van der Waals surface area contributed by atoms with Crippen LogP contribution in [0.1, 0.15) is 10.4 Å². The fourth-order valence-corrected chi connectivity index (χ4v) is 3.54. The Morgan fingerprint density at radius 1 is 1.07 bits per heavy atom. The number of aromatic nitrogens is 1. The predicted octanol–water partition coefficient (Wildman–Crippen LogP) is 4.20. The first kappa shape index (κ1) is 20.3. The zero-order valence-corrected chi connectivity index (χ0v) is 17.2. The molecule has 0 aliphatic heterocycles. The third kappa shape index (κ3) is 5.55. The van der Waals surface area contributed by atoms with Crippen LogP contribution in [-0.2, 0) is 4.79 Å². The molecule has 1 heterocycles. The van der Waals surface area contributed by atoms with Crippen molar-refractivity contribution in [1.29, 1.82) is 0 Å². The minimum Gasteiger partial charge on any atom is -0.497 e. The van der Waals surface area contributed by atoms with Crippen molar-refractivity contribution in [1.82, 2.24) is 10.3 Å². The van der Waals surface area contributed by atoms with Gasteiger partial charge in [0.25, 0.3) is 0 Å². The molecule has 0 aliphatic rings. The van der Waals surface area contributed by atoms with E-state index in [2.05, 4.69) is 20.9 Å². The second kappa shape index (κ2) is 9.20. The molecule has 2 aromatic carbocycles. The lowest BCUT2D eigenvalue weighted by atomic mass is 10.1. The number of anilines is 2. The SMILES string of the molecule is COc1ccc(-c2nc(NC(=O)CNC(=O)Nc3cccc(C)c3)sc2C)cc1. The quantitative estimate of drug-likeness (QED) is 0.568. The average Bonchev–Trinajstić information content (AvgIpc) is 3.06. The molecular formula is C21H22N4O3S. The first-order chi connectivity index (χ1) is 13.9. The predicted molar refractivity (Wildman–Crippen MR) is 116 cm³/mol. The van der Waals surface area contributed by atoms with Gasteiger partial charge in [0.1, 0.15) is 5.75 Å². The average molecular weight is 410 g/mol. The Balaban J connectivity index is 1.54. The normalized spacial score (nSPS) is 10.3. The highest BCUT2D eigenvalue weighted by Gasteiger charge is 2.13. The van der Waals surface area contributed by atoms with Gasteiger partial charge in [-0.3, -0.25) is 4.79 Å². The first-order valence-electron chi connectivity index (χ1n) is 8.98. The van der Waals surface area contributed by atoms with Gasteiger partial charge in [-0.25, -0.2) is 9.78 Å². The molecule has 29 heavy (non-hydrogen) atoms. The second-order valence-corrected chi connectivity index (χ2v) is 7.58. The summed E-state index contributed by atoms with van der Waals surface area (Å²) in [6.45, 7) is 3.72. The third-order valence-electron chi connectivity index (χ3n) is 4.09. The van der Waals surface area contributed by atoms with Crippen LogP contribution in [0.25, 0.3) is 11.3 Å². The van der Waals surface area contributed by atoms with Crippen LogP contribution in [0.15, 0.2) is 48.5 Å². The number of carbonyl (C=O) groups is 2. The summed E-state index contributed by atoms with van der Waals surface area (Å²) >= 11 is 1.38. The lowest BCUT2D eigenvalue weighted by molar-refractivity contribution is -0.115. The Morgan fingerprint density at radius 3 is 2.52 bits per heavy atom. The molecule has 0 aliphatic carbocycles. The number of benzene rings is 2. The highest BCUT2D eigenvalue weighted by Crippen LogP contribution is 2.31. The molecule has 1 aromatic heterocycles. The van der Waals surface area contributed by atoms with Crippen LogP contribution in [0.4, 0.5) is 15.6 Å². The van der Waals surface area contributed by atoms with E-state index in [0.717, 1.165) is 27.4 Å². The Kier molecular flexibility index (Phi) is 6.46. The maximum Gasteiger partial charge on any atom is 0.319 e. The number of hydrogen-bond donors (Lipinski definition) is 3. The summed E-state index contributed by atoms with van der Waals surface area (Å²) in [7, 11) is 1.62. The van der Waals surface area contributed by atoms with Crippen LogP contribution in [-0.4, -0.2) is 30.6 Å². The number of rotatable bonds is 6. The fraction of sp³-hybridized carbons (Fsp3) is 0.190. The number of carbonyl (C=O) groups excluding carboxylic acids is 2. The van der Waals surface area contributed by atoms with Crippen LogP contribution in [0.5, 0.6) is 5.75 Å². The zero-order chi connectivity index (χ0) is 20.8. The molecule has 3 rings (SSSR count). The Hall–Kier alpha value is -3.39. The second-order valence-electron chi connectivity index (χ2n) is 6.38. The van der Waals surface area contributed by atoms with Crippen LogP contribution < -0.4 is 20.7 Å². The fourth-order valence-electron chi connectivity index (χ4n) is 2.69. The molecule has 3 aromatic rings. The number of hydrogen-bond acceptors (Lipinski definition) is 5. The lowest BCUT2D eigenvalue weighted by Gasteiger charge is -2.08. The number of amides is 3. The molecule has 0 radical (unpaired) electrons. The molecular weight excluding hydrogens is 388 g/mol. The van der Waals surface area contributed by atoms with Crippen molar-refractivity contribution in [2.24, 2.45) is 0 Å². The molecule has 150 valence electrons. The number of thiazole rings is 1. The number of urea groups is 1. The van der Waals surface area contributed by atoms with Gasteiger partial charge in [0.05, 0.1) is 19.3 Å². The molecule has 0 fully saturated rings. The molecule has 0 saturated heterocycles. The zero-order valence-electron chi connectivity index (χ0n) is 16.4. The highest BCUT2D eigenvalue weighted by atomic mass is 32.1. The Bertz CT molecular complexity index is 1020. The minimum atomic E-state index is -0.444. The van der Waals surface area contributed by atoms with E-state index in [4.69, 9.17) is 4.74 Å². The minimum absolute atomic E-state index is 0.159. The summed E-state index contributed by atoms with van der Waals surface area (Å²) in [5.41, 5.74) is 3.45. The van der Waals surface area contributed by atoms with Gasteiger partial charge >= 0.3 is 6.03 Å². The first-order valence-corrected chi connectivity index (χ1v) is 9.79. The topological polar surface area (TPSA) is 92.3 Å². The van der Waals surface area contributed by atoms with Crippen molar-refractivity contribution in [3.63, 3.8) is 0 Å². The monoisotopic (exact) mass is 410 g/mol. The molecule has 0 bridgehead atoms. The summed E-state index contributed by atoms with van der Waals surface area (Å²) in [5, 5.41) is 8.44. The maximum absolute atomic E-state index is 12.2. The number of nitrogens with zero attached hydrogens (tertiary/aromatic N) is 1. The van der Waals surface area contributed by atoms with Crippen molar-refractivity contribution in [2.45, 2.75) is 13.8 Å². The lowest BCUT2D eigenvalue weighted by Crippen LogP contribution is -2.35. The van der Waals surface area contributed by atoms with Gasteiger partial charge in [0, 0.05) is 16.1 Å². The van der Waals surface area contributed by atoms with E-state index in [1.807, 2.05) is 56.3 Å². The summed E-state index contributed by atoms with van der Waals surface area (Å²) in [4.78, 5) is 29.6. The van der Waals surface area contributed by atoms with E-state index in [-0.39, 0.29) is 12.5 Å². The number of ether oxygens (including phenoxy) is 1. The highest BCUT2D eigenvalue weighted by molar-refractivity contribution is 7.16. The van der Waals surface area contributed by atoms with Gasteiger partial charge in [-0.2, -0.15) is 0 Å². The molecule has 0 saturated carbocycles. The van der Waals surface area contributed by atoms with Gasteiger partial charge in [-0.05, 0) is 55.8 Å². The van der Waals surface area contributed by atoms with Crippen molar-refractivity contribution >= 4 is 34.1 Å². The van der Waals surface area contributed by atoms with Crippen molar-refractivity contribution in [3.05, 3.63) is 59.0 Å². The standard InChI is InChI=1S/C21H22N4O3S/c1-13-5-4-6-16(11-13)23-20(27)22-12-18(26)24-21-25-19(14(2)29-21)15-7-9-17(28-3)10-8-15/h4-11H,12H2,1-3H3,(H2,22,23,27)(H,24,25,26). The van der Waals surface area contributed by atoms with Crippen LogP contribution in [0.2, 0.25) is 0 Å². The van der Waals surface area contributed by atoms with Gasteiger partial charge in [0.2, 0.25) is 5.91 Å². The van der Waals surface area contributed by atoms with E-state index in [0.29, 0.717) is 10.8 Å². The molecule has 8 heteroatoms. The van der Waals surface area contributed by atoms with E-state index in [1.165, 1.54) is 11.3 Å². The summed E-state index contributed by atoms with van der Waals surface area (Å²) < 4.78 is 5.17. The Labute approximate surface area is 173 Å². The maximum atomic E-state index is 12.2. The van der Waals surface area contributed by atoms with Crippen molar-refractivity contribution in [3.8, 4) is 17.0 Å². The van der Waals surface area contributed by atoms with Gasteiger partial charge < -0.3 is 20.7 Å². The molecule has 7 nitrogen and oxygen atoms in total. The van der Waals surface area contributed by atoms with Gasteiger partial charge in [0.15, 0.2) is 5.13 Å².